The van der Waals surface area contributed by atoms with E-state index in [1.165, 1.54) is 23.1 Å². The predicted molar refractivity (Wildman–Crippen MR) is 114 cm³/mol. The van der Waals surface area contributed by atoms with Gasteiger partial charge >= 0.3 is 5.97 Å². The van der Waals surface area contributed by atoms with Crippen LogP contribution < -0.4 is 5.32 Å². The lowest BCUT2D eigenvalue weighted by atomic mass is 9.95. The molecular weight excluding hydrogens is 360 g/mol. The number of esters is 1. The van der Waals surface area contributed by atoms with Crippen LogP contribution in [0, 0.1) is 11.3 Å². The summed E-state index contributed by atoms with van der Waals surface area (Å²) >= 11 is 0. The summed E-state index contributed by atoms with van der Waals surface area (Å²) in [6.07, 6.45) is 4.65. The minimum atomic E-state index is -0.129. The van der Waals surface area contributed by atoms with E-state index in [9.17, 15) is 4.79 Å². The van der Waals surface area contributed by atoms with Crippen molar-refractivity contribution in [1.82, 2.24) is 5.32 Å². The fourth-order valence-electron chi connectivity index (χ4n) is 4.20. The van der Waals surface area contributed by atoms with Gasteiger partial charge in [-0.1, -0.05) is 36.4 Å². The molecule has 2 aromatic carbocycles. The van der Waals surface area contributed by atoms with Crippen molar-refractivity contribution in [2.45, 2.75) is 64.0 Å². The van der Waals surface area contributed by atoms with Crippen molar-refractivity contribution in [1.29, 1.82) is 5.26 Å². The Morgan fingerprint density at radius 1 is 1.24 bits per heavy atom. The van der Waals surface area contributed by atoms with Crippen LogP contribution in [0.1, 0.15) is 73.7 Å². The molecule has 0 aliphatic heterocycles. The summed E-state index contributed by atoms with van der Waals surface area (Å²) in [5.41, 5.74) is 4.44. The first kappa shape index (κ1) is 21.1. The zero-order valence-electron chi connectivity index (χ0n) is 17.4. The lowest BCUT2D eigenvalue weighted by molar-refractivity contribution is -0.143. The van der Waals surface area contributed by atoms with Gasteiger partial charge in [0, 0.05) is 18.5 Å². The van der Waals surface area contributed by atoms with Gasteiger partial charge in [0.15, 0.2) is 0 Å². The van der Waals surface area contributed by atoms with Gasteiger partial charge in [-0.05, 0) is 74.3 Å². The Balaban J connectivity index is 1.51. The van der Waals surface area contributed by atoms with E-state index in [2.05, 4.69) is 48.6 Å². The molecule has 0 amide bonds. The van der Waals surface area contributed by atoms with Crippen molar-refractivity contribution >= 4 is 5.97 Å². The van der Waals surface area contributed by atoms with Crippen LogP contribution in [0.25, 0.3) is 0 Å². The average molecular weight is 391 g/mol. The largest absolute Gasteiger partial charge is 0.466 e. The molecule has 3 rings (SSSR count). The maximum Gasteiger partial charge on any atom is 0.306 e. The SMILES string of the molecule is CCOC(=O)CCc1ccc([C@H]2CC[C@H](NC(C)c3cccc(C#N)c3)C2)cc1. The Morgan fingerprint density at radius 2 is 2.03 bits per heavy atom. The molecule has 1 N–H and O–H groups in total. The molecule has 0 saturated heterocycles. The van der Waals surface area contributed by atoms with Gasteiger partial charge in [0.25, 0.3) is 0 Å². The van der Waals surface area contributed by atoms with Crippen LogP contribution in [-0.4, -0.2) is 18.6 Å². The molecule has 152 valence electrons. The topological polar surface area (TPSA) is 62.1 Å². The Bertz CT molecular complexity index is 854. The number of hydrogen-bond donors (Lipinski definition) is 1. The Kier molecular flexibility index (Phi) is 7.43. The average Bonchev–Trinajstić information content (AvgIpc) is 3.21. The predicted octanol–water partition coefficient (Wildman–Crippen LogP) is 5.04. The van der Waals surface area contributed by atoms with Gasteiger partial charge in [0.1, 0.15) is 0 Å². The van der Waals surface area contributed by atoms with Gasteiger partial charge in [-0.25, -0.2) is 0 Å². The van der Waals surface area contributed by atoms with Gasteiger partial charge in [-0.2, -0.15) is 5.26 Å². The van der Waals surface area contributed by atoms with Crippen molar-refractivity contribution in [2.75, 3.05) is 6.61 Å². The molecule has 1 saturated carbocycles. The molecule has 0 heterocycles. The fraction of sp³-hybridized carbons (Fsp3) is 0.440. The molecule has 29 heavy (non-hydrogen) atoms. The third-order valence-electron chi connectivity index (χ3n) is 5.81. The van der Waals surface area contributed by atoms with Crippen molar-refractivity contribution in [2.24, 2.45) is 0 Å². The summed E-state index contributed by atoms with van der Waals surface area (Å²) in [5.74, 6) is 0.444. The standard InChI is InChI=1S/C25H30N2O2/c1-3-29-25(28)14-9-19-7-10-21(11-8-19)23-12-13-24(16-23)27-18(2)22-6-4-5-20(15-22)17-26/h4-8,10-11,15,18,23-24,27H,3,9,12-14,16H2,1-2H3/t18?,23-,24-/m0/s1. The fourth-order valence-corrected chi connectivity index (χ4v) is 4.20. The van der Waals surface area contributed by atoms with Gasteiger partial charge in [0.2, 0.25) is 0 Å². The second-order valence-corrected chi connectivity index (χ2v) is 7.88. The first-order valence-electron chi connectivity index (χ1n) is 10.6. The summed E-state index contributed by atoms with van der Waals surface area (Å²) in [6.45, 7) is 4.44. The molecule has 1 unspecified atom stereocenters. The number of aryl methyl sites for hydroxylation is 1. The Morgan fingerprint density at radius 3 is 2.76 bits per heavy atom. The summed E-state index contributed by atoms with van der Waals surface area (Å²) in [5, 5.41) is 12.8. The van der Waals surface area contributed by atoms with E-state index < -0.39 is 0 Å². The van der Waals surface area contributed by atoms with Gasteiger partial charge in [0.05, 0.1) is 18.2 Å². The van der Waals surface area contributed by atoms with Crippen LogP contribution in [-0.2, 0) is 16.0 Å². The maximum atomic E-state index is 11.5. The van der Waals surface area contributed by atoms with Crippen LogP contribution in [0.4, 0.5) is 0 Å². The molecule has 4 nitrogen and oxygen atoms in total. The molecule has 1 aliphatic rings. The van der Waals surface area contributed by atoms with Crippen LogP contribution in [0.3, 0.4) is 0 Å². The summed E-state index contributed by atoms with van der Waals surface area (Å²) in [7, 11) is 0. The number of ether oxygens (including phenoxy) is 1. The molecule has 0 radical (unpaired) electrons. The molecule has 1 aliphatic carbocycles. The molecule has 3 atom stereocenters. The zero-order chi connectivity index (χ0) is 20.6. The number of benzene rings is 2. The number of carbonyl (C=O) groups is 1. The van der Waals surface area contributed by atoms with Gasteiger partial charge in [-0.15, -0.1) is 0 Å². The molecule has 0 bridgehead atoms. The monoisotopic (exact) mass is 390 g/mol. The van der Waals surface area contributed by atoms with Crippen LogP contribution in [0.2, 0.25) is 0 Å². The second kappa shape index (κ2) is 10.2. The van der Waals surface area contributed by atoms with Crippen molar-refractivity contribution in [3.8, 4) is 6.07 Å². The number of nitriles is 1. The van der Waals surface area contributed by atoms with E-state index in [4.69, 9.17) is 10.00 Å². The lowest BCUT2D eigenvalue weighted by Crippen LogP contribution is -2.29. The van der Waals surface area contributed by atoms with E-state index >= 15 is 0 Å². The highest BCUT2D eigenvalue weighted by atomic mass is 16.5. The Hall–Kier alpha value is -2.64. The van der Waals surface area contributed by atoms with E-state index in [0.717, 1.165) is 19.3 Å². The Labute approximate surface area is 173 Å². The molecule has 4 heteroatoms. The van der Waals surface area contributed by atoms with Crippen molar-refractivity contribution < 1.29 is 9.53 Å². The van der Waals surface area contributed by atoms with Crippen molar-refractivity contribution in [3.05, 3.63) is 70.8 Å². The molecule has 0 spiro atoms. The number of hydrogen-bond acceptors (Lipinski definition) is 4. The van der Waals surface area contributed by atoms with E-state index in [1.807, 2.05) is 25.1 Å². The molecular formula is C25H30N2O2. The number of carbonyl (C=O) groups excluding carboxylic acids is 1. The molecule has 2 aromatic rings. The van der Waals surface area contributed by atoms with Crippen LogP contribution >= 0.6 is 0 Å². The number of nitrogens with one attached hydrogen (secondary N) is 1. The smallest absolute Gasteiger partial charge is 0.306 e. The third kappa shape index (κ3) is 5.92. The van der Waals surface area contributed by atoms with Crippen molar-refractivity contribution in [3.63, 3.8) is 0 Å². The number of nitrogens with zero attached hydrogens (tertiary/aromatic N) is 1. The highest BCUT2D eigenvalue weighted by molar-refractivity contribution is 5.69. The third-order valence-corrected chi connectivity index (χ3v) is 5.81. The summed E-state index contributed by atoms with van der Waals surface area (Å²) in [6, 6.07) is 19.5. The summed E-state index contributed by atoms with van der Waals surface area (Å²) in [4.78, 5) is 11.5. The number of rotatable bonds is 8. The van der Waals surface area contributed by atoms with Gasteiger partial charge in [-0.3, -0.25) is 4.79 Å². The second-order valence-electron chi connectivity index (χ2n) is 7.88. The minimum absolute atomic E-state index is 0.129. The zero-order valence-corrected chi connectivity index (χ0v) is 17.4. The first-order valence-corrected chi connectivity index (χ1v) is 10.6. The van der Waals surface area contributed by atoms with Gasteiger partial charge < -0.3 is 10.1 Å². The quantitative estimate of drug-likeness (QED) is 0.641. The van der Waals surface area contributed by atoms with E-state index in [1.54, 1.807) is 0 Å². The maximum absolute atomic E-state index is 11.5. The van der Waals surface area contributed by atoms with Crippen LogP contribution in [0.15, 0.2) is 48.5 Å². The van der Waals surface area contributed by atoms with Crippen LogP contribution in [0.5, 0.6) is 0 Å². The lowest BCUT2D eigenvalue weighted by Gasteiger charge is -2.20. The highest BCUT2D eigenvalue weighted by Crippen LogP contribution is 2.35. The minimum Gasteiger partial charge on any atom is -0.466 e. The van der Waals surface area contributed by atoms with E-state index in [0.29, 0.717) is 30.6 Å². The normalized spacial score (nSPS) is 19.5. The first-order chi connectivity index (χ1) is 14.1. The van der Waals surface area contributed by atoms with E-state index in [-0.39, 0.29) is 12.0 Å². The molecule has 1 fully saturated rings. The molecule has 0 aromatic heterocycles. The summed E-state index contributed by atoms with van der Waals surface area (Å²) < 4.78 is 5.00. The highest BCUT2D eigenvalue weighted by Gasteiger charge is 2.27.